The molecule has 0 bridgehead atoms. The molecule has 13 heteroatoms. The van der Waals surface area contributed by atoms with Crippen molar-refractivity contribution in [2.24, 2.45) is 11.1 Å². The normalized spacial score (nSPS) is 17.6. The molecule has 3 aromatic rings. The summed E-state index contributed by atoms with van der Waals surface area (Å²) in [7, 11) is 4.64. The van der Waals surface area contributed by atoms with E-state index in [0.29, 0.717) is 62.1 Å². The van der Waals surface area contributed by atoms with Gasteiger partial charge in [0.25, 0.3) is 0 Å². The Labute approximate surface area is 263 Å². The number of carbonyl (C=O) groups excluding carboxylic acids is 2. The summed E-state index contributed by atoms with van der Waals surface area (Å²) >= 11 is 2.47. The highest BCUT2D eigenvalue weighted by Crippen LogP contribution is 2.51. The van der Waals surface area contributed by atoms with Crippen molar-refractivity contribution < 1.29 is 23.8 Å². The van der Waals surface area contributed by atoms with Crippen LogP contribution in [0.15, 0.2) is 69.5 Å². The van der Waals surface area contributed by atoms with Gasteiger partial charge in [-0.3, -0.25) is 14.5 Å². The van der Waals surface area contributed by atoms with Crippen molar-refractivity contribution in [1.82, 2.24) is 10.2 Å². The number of carbonyl (C=O) groups is 2. The van der Waals surface area contributed by atoms with Crippen LogP contribution in [-0.4, -0.2) is 49.0 Å². The zero-order valence-electron chi connectivity index (χ0n) is 25.0. The standard InChI is InChI=1S/C31H32N6O5S2/c1-31(2)13-21-27(22(38)14-31)26(17-9-10-23(41-4)24(11-17)42-5)20(15-32)28(33)37(21)29-35-36-30(44-29)43-16-25(39)34-18-7-6-8-19(12-18)40-3/h6-12,26H,13-14,16,33H2,1-5H3,(H,34,39). The Kier molecular flexibility index (Phi) is 8.85. The zero-order chi connectivity index (χ0) is 31.6. The fourth-order valence-electron chi connectivity index (χ4n) is 5.47. The number of hydrogen-bond acceptors (Lipinski definition) is 12. The predicted molar refractivity (Wildman–Crippen MR) is 169 cm³/mol. The Morgan fingerprint density at radius 1 is 1.14 bits per heavy atom. The van der Waals surface area contributed by atoms with Gasteiger partial charge in [-0.2, -0.15) is 5.26 Å². The molecule has 1 atom stereocenters. The molecular weight excluding hydrogens is 601 g/mol. The van der Waals surface area contributed by atoms with E-state index in [-0.39, 0.29) is 34.3 Å². The van der Waals surface area contributed by atoms with Gasteiger partial charge in [-0.25, -0.2) is 0 Å². The highest BCUT2D eigenvalue weighted by Gasteiger charge is 2.45. The molecule has 2 aromatic carbocycles. The minimum absolute atomic E-state index is 0.0605. The summed E-state index contributed by atoms with van der Waals surface area (Å²) in [5.74, 6) is 0.972. The maximum Gasteiger partial charge on any atom is 0.234 e. The van der Waals surface area contributed by atoms with Crippen molar-refractivity contribution in [3.63, 3.8) is 0 Å². The monoisotopic (exact) mass is 632 g/mol. The number of Topliss-reactive ketones (excluding diaryl/α,β-unsaturated/α-hetero) is 1. The number of ether oxygens (including phenoxy) is 3. The lowest BCUT2D eigenvalue weighted by atomic mass is 9.68. The van der Waals surface area contributed by atoms with E-state index in [4.69, 9.17) is 19.9 Å². The summed E-state index contributed by atoms with van der Waals surface area (Å²) in [6.45, 7) is 4.06. The molecule has 0 fully saturated rings. The predicted octanol–water partition coefficient (Wildman–Crippen LogP) is 5.24. The first-order valence-electron chi connectivity index (χ1n) is 13.7. The van der Waals surface area contributed by atoms with E-state index in [0.717, 1.165) is 0 Å². The molecule has 1 aliphatic carbocycles. The number of thioether (sulfide) groups is 1. The second kappa shape index (κ2) is 12.6. The van der Waals surface area contributed by atoms with Gasteiger partial charge in [-0.05, 0) is 41.7 Å². The number of hydrogen-bond donors (Lipinski definition) is 2. The van der Waals surface area contributed by atoms with Crippen LogP contribution >= 0.6 is 23.1 Å². The quantitative estimate of drug-likeness (QED) is 0.298. The van der Waals surface area contributed by atoms with Gasteiger partial charge >= 0.3 is 0 Å². The second-order valence-electron chi connectivity index (χ2n) is 11.0. The molecular formula is C31H32N6O5S2. The molecule has 0 saturated carbocycles. The van der Waals surface area contributed by atoms with Gasteiger partial charge in [0, 0.05) is 29.4 Å². The molecule has 5 rings (SSSR count). The molecule has 44 heavy (non-hydrogen) atoms. The number of methoxy groups -OCH3 is 3. The number of nitrogens with two attached hydrogens (primary N) is 1. The van der Waals surface area contributed by atoms with Crippen LogP contribution in [0.2, 0.25) is 0 Å². The van der Waals surface area contributed by atoms with Crippen LogP contribution in [0.3, 0.4) is 0 Å². The van der Waals surface area contributed by atoms with Gasteiger partial charge < -0.3 is 25.3 Å². The smallest absolute Gasteiger partial charge is 0.234 e. The van der Waals surface area contributed by atoms with E-state index in [1.54, 1.807) is 55.5 Å². The number of allylic oxidation sites excluding steroid dienone is 3. The molecule has 2 heterocycles. The number of nitrogens with zero attached hydrogens (tertiary/aromatic N) is 4. The average molecular weight is 633 g/mol. The maximum absolute atomic E-state index is 13.8. The van der Waals surface area contributed by atoms with Crippen molar-refractivity contribution >= 4 is 45.6 Å². The molecule has 3 N–H and O–H groups in total. The third kappa shape index (κ3) is 6.09. The maximum atomic E-state index is 13.8. The van der Waals surface area contributed by atoms with Crippen molar-refractivity contribution in [3.8, 4) is 23.3 Å². The van der Waals surface area contributed by atoms with Crippen LogP contribution in [0.4, 0.5) is 10.8 Å². The summed E-state index contributed by atoms with van der Waals surface area (Å²) < 4.78 is 16.7. The van der Waals surface area contributed by atoms with E-state index in [9.17, 15) is 14.9 Å². The first kappa shape index (κ1) is 30.9. The summed E-state index contributed by atoms with van der Waals surface area (Å²) in [4.78, 5) is 28.1. The van der Waals surface area contributed by atoms with Gasteiger partial charge in [0.15, 0.2) is 21.6 Å². The number of rotatable bonds is 9. The summed E-state index contributed by atoms with van der Waals surface area (Å²) in [5.41, 5.74) is 9.13. The molecule has 1 aliphatic heterocycles. The number of benzene rings is 2. The Morgan fingerprint density at radius 2 is 1.91 bits per heavy atom. The van der Waals surface area contributed by atoms with Crippen LogP contribution in [-0.2, 0) is 9.59 Å². The zero-order valence-corrected chi connectivity index (χ0v) is 26.6. The van der Waals surface area contributed by atoms with Crippen LogP contribution in [0.1, 0.15) is 38.2 Å². The first-order chi connectivity index (χ1) is 21.1. The van der Waals surface area contributed by atoms with E-state index in [1.165, 1.54) is 30.2 Å². The van der Waals surface area contributed by atoms with Crippen LogP contribution in [0.25, 0.3) is 0 Å². The first-order valence-corrected chi connectivity index (χ1v) is 15.5. The van der Waals surface area contributed by atoms with E-state index < -0.39 is 5.92 Å². The van der Waals surface area contributed by atoms with Crippen molar-refractivity contribution in [3.05, 3.63) is 70.7 Å². The Balaban J connectivity index is 1.47. The summed E-state index contributed by atoms with van der Waals surface area (Å²) in [5, 5.41) is 22.3. The van der Waals surface area contributed by atoms with Crippen LogP contribution < -0.4 is 30.2 Å². The number of ketones is 1. The molecule has 1 unspecified atom stereocenters. The lowest BCUT2D eigenvalue weighted by molar-refractivity contribution is -0.118. The van der Waals surface area contributed by atoms with Gasteiger partial charge in [-0.15, -0.1) is 10.2 Å². The summed E-state index contributed by atoms with van der Waals surface area (Å²) in [6.07, 6.45) is 0.851. The molecule has 0 saturated heterocycles. The molecule has 1 amide bonds. The van der Waals surface area contributed by atoms with Gasteiger partial charge in [-0.1, -0.05) is 49.1 Å². The second-order valence-corrected chi connectivity index (χ2v) is 13.2. The largest absolute Gasteiger partial charge is 0.497 e. The molecule has 228 valence electrons. The highest BCUT2D eigenvalue weighted by atomic mass is 32.2. The van der Waals surface area contributed by atoms with Gasteiger partial charge in [0.1, 0.15) is 11.6 Å². The fourth-order valence-corrected chi connectivity index (χ4v) is 7.15. The molecule has 11 nitrogen and oxygen atoms in total. The average Bonchev–Trinajstić information content (AvgIpc) is 3.47. The molecule has 0 radical (unpaired) electrons. The number of anilines is 2. The molecule has 0 spiro atoms. The van der Waals surface area contributed by atoms with Gasteiger partial charge in [0.05, 0.1) is 44.6 Å². The minimum atomic E-state index is -0.684. The highest BCUT2D eigenvalue weighted by molar-refractivity contribution is 8.01. The Bertz CT molecular complexity index is 1720. The van der Waals surface area contributed by atoms with E-state index in [1.807, 2.05) is 19.9 Å². The molecule has 2 aliphatic rings. The number of nitrogens with one attached hydrogen (secondary N) is 1. The number of nitriles is 1. The number of aromatic nitrogens is 2. The van der Waals surface area contributed by atoms with Crippen molar-refractivity contribution in [1.29, 1.82) is 5.26 Å². The van der Waals surface area contributed by atoms with Crippen molar-refractivity contribution in [2.75, 3.05) is 37.3 Å². The van der Waals surface area contributed by atoms with Crippen molar-refractivity contribution in [2.45, 2.75) is 36.9 Å². The lowest BCUT2D eigenvalue weighted by Crippen LogP contribution is -2.42. The fraction of sp³-hybridized carbons (Fsp3) is 0.323. The molecule has 1 aromatic heterocycles. The minimum Gasteiger partial charge on any atom is -0.497 e. The third-order valence-electron chi connectivity index (χ3n) is 7.39. The third-order valence-corrected chi connectivity index (χ3v) is 9.43. The SMILES string of the molecule is COc1cccc(NC(=O)CSc2nnc(N3C(N)=C(C#N)C(c4ccc(OC)c(OC)c4)C4=C3CC(C)(C)CC4=O)s2)c1. The lowest BCUT2D eigenvalue weighted by Gasteiger charge is -2.42. The van der Waals surface area contributed by atoms with E-state index >= 15 is 0 Å². The summed E-state index contributed by atoms with van der Waals surface area (Å²) in [6, 6.07) is 14.7. The van der Waals surface area contributed by atoms with Gasteiger partial charge in [0.2, 0.25) is 11.0 Å². The Morgan fingerprint density at radius 3 is 2.61 bits per heavy atom. The Hall–Kier alpha value is -4.54. The van der Waals surface area contributed by atoms with E-state index in [2.05, 4.69) is 21.6 Å². The van der Waals surface area contributed by atoms with Crippen LogP contribution in [0, 0.1) is 16.7 Å². The topological polar surface area (TPSA) is 153 Å². The number of amides is 1. The van der Waals surface area contributed by atoms with Crippen LogP contribution in [0.5, 0.6) is 17.2 Å².